The van der Waals surface area contributed by atoms with E-state index in [2.05, 4.69) is 15.2 Å². The molecule has 13 heavy (non-hydrogen) atoms. The highest BCUT2D eigenvalue weighted by Crippen LogP contribution is 2.19. The molecular formula is C8H8N4O. The van der Waals surface area contributed by atoms with Gasteiger partial charge in [-0.05, 0) is 19.1 Å². The van der Waals surface area contributed by atoms with Crippen LogP contribution >= 0.6 is 0 Å². The molecule has 0 amide bonds. The molecule has 2 aromatic rings. The average molecular weight is 176 g/mol. The van der Waals surface area contributed by atoms with E-state index in [1.54, 1.807) is 12.1 Å². The lowest BCUT2D eigenvalue weighted by molar-refractivity contribution is 0.568. The molecule has 0 saturated heterocycles. The smallest absolute Gasteiger partial charge is 0.181 e. The van der Waals surface area contributed by atoms with Crippen LogP contribution in [0.5, 0.6) is 0 Å². The van der Waals surface area contributed by atoms with Crippen LogP contribution in [0.2, 0.25) is 0 Å². The highest BCUT2D eigenvalue weighted by atomic mass is 16.3. The molecule has 0 saturated carbocycles. The van der Waals surface area contributed by atoms with E-state index in [1.165, 1.54) is 6.39 Å². The van der Waals surface area contributed by atoms with Crippen LogP contribution in [0, 0.1) is 6.92 Å². The lowest BCUT2D eigenvalue weighted by Crippen LogP contribution is -1.93. The van der Waals surface area contributed by atoms with Gasteiger partial charge in [0.1, 0.15) is 11.5 Å². The van der Waals surface area contributed by atoms with Gasteiger partial charge in [0.2, 0.25) is 0 Å². The molecule has 0 unspecified atom stereocenters. The summed E-state index contributed by atoms with van der Waals surface area (Å²) in [5.41, 5.74) is 6.83. The van der Waals surface area contributed by atoms with Crippen molar-refractivity contribution in [3.63, 3.8) is 0 Å². The van der Waals surface area contributed by atoms with E-state index >= 15 is 0 Å². The summed E-state index contributed by atoms with van der Waals surface area (Å²) >= 11 is 0. The highest BCUT2D eigenvalue weighted by molar-refractivity contribution is 5.54. The Morgan fingerprint density at radius 3 is 2.69 bits per heavy atom. The second-order valence-electron chi connectivity index (χ2n) is 2.61. The van der Waals surface area contributed by atoms with Crippen LogP contribution < -0.4 is 5.73 Å². The van der Waals surface area contributed by atoms with Gasteiger partial charge in [0, 0.05) is 0 Å². The fourth-order valence-electron chi connectivity index (χ4n) is 1.01. The van der Waals surface area contributed by atoms with Gasteiger partial charge >= 0.3 is 0 Å². The number of hydrogen-bond donors (Lipinski definition) is 1. The average Bonchev–Trinajstić information content (AvgIpc) is 2.53. The van der Waals surface area contributed by atoms with Crippen molar-refractivity contribution in [1.29, 1.82) is 0 Å². The van der Waals surface area contributed by atoms with Crippen molar-refractivity contribution in [2.75, 3.05) is 5.73 Å². The van der Waals surface area contributed by atoms with Crippen LogP contribution in [-0.2, 0) is 0 Å². The number of aryl methyl sites for hydroxylation is 1. The van der Waals surface area contributed by atoms with Gasteiger partial charge in [-0.1, -0.05) is 0 Å². The van der Waals surface area contributed by atoms with E-state index in [9.17, 15) is 0 Å². The Hall–Kier alpha value is -1.91. The standard InChI is InChI=1S/C8H8N4O/c1-5-8(13-4-10-5)6-2-3-7(9)12-11-6/h2-4H,1H3,(H2,9,12). The van der Waals surface area contributed by atoms with Gasteiger partial charge in [-0.3, -0.25) is 0 Å². The maximum absolute atomic E-state index is 5.40. The first-order valence-electron chi connectivity index (χ1n) is 3.77. The minimum absolute atomic E-state index is 0.390. The summed E-state index contributed by atoms with van der Waals surface area (Å²) in [5.74, 6) is 1.02. The van der Waals surface area contributed by atoms with Crippen molar-refractivity contribution >= 4 is 5.82 Å². The summed E-state index contributed by atoms with van der Waals surface area (Å²) in [6.45, 7) is 1.84. The Bertz CT molecular complexity index is 406. The second-order valence-corrected chi connectivity index (χ2v) is 2.61. The predicted molar refractivity (Wildman–Crippen MR) is 46.7 cm³/mol. The molecule has 0 aromatic carbocycles. The molecule has 2 N–H and O–H groups in total. The monoisotopic (exact) mass is 176 g/mol. The summed E-state index contributed by atoms with van der Waals surface area (Å²) in [6.07, 6.45) is 1.38. The van der Waals surface area contributed by atoms with Crippen molar-refractivity contribution in [3.8, 4) is 11.5 Å². The molecule has 5 heteroatoms. The van der Waals surface area contributed by atoms with Gasteiger partial charge in [0.25, 0.3) is 0 Å². The van der Waals surface area contributed by atoms with Crippen molar-refractivity contribution in [2.45, 2.75) is 6.92 Å². The van der Waals surface area contributed by atoms with Crippen molar-refractivity contribution < 1.29 is 4.42 Å². The van der Waals surface area contributed by atoms with E-state index in [4.69, 9.17) is 10.2 Å². The fourth-order valence-corrected chi connectivity index (χ4v) is 1.01. The number of hydrogen-bond acceptors (Lipinski definition) is 5. The van der Waals surface area contributed by atoms with Gasteiger partial charge in [-0.25, -0.2) is 4.98 Å². The Morgan fingerprint density at radius 1 is 1.31 bits per heavy atom. The van der Waals surface area contributed by atoms with E-state index in [-0.39, 0.29) is 0 Å². The van der Waals surface area contributed by atoms with Gasteiger partial charge in [-0.2, -0.15) is 0 Å². The Labute approximate surface area is 74.6 Å². The highest BCUT2D eigenvalue weighted by Gasteiger charge is 2.07. The molecule has 66 valence electrons. The zero-order chi connectivity index (χ0) is 9.26. The van der Waals surface area contributed by atoms with E-state index < -0.39 is 0 Å². The predicted octanol–water partition coefficient (Wildman–Crippen LogP) is 1.02. The third-order valence-electron chi connectivity index (χ3n) is 1.66. The molecule has 5 nitrogen and oxygen atoms in total. The van der Waals surface area contributed by atoms with Crippen molar-refractivity contribution in [2.24, 2.45) is 0 Å². The molecule has 0 fully saturated rings. The van der Waals surface area contributed by atoms with Gasteiger partial charge < -0.3 is 10.2 Å². The molecule has 0 aliphatic heterocycles. The number of aromatic nitrogens is 3. The molecule has 2 heterocycles. The number of rotatable bonds is 1. The number of nitrogens with two attached hydrogens (primary N) is 1. The molecule has 2 aromatic heterocycles. The summed E-state index contributed by atoms with van der Waals surface area (Å²) in [7, 11) is 0. The summed E-state index contributed by atoms with van der Waals surface area (Å²) in [4.78, 5) is 3.95. The normalized spacial score (nSPS) is 10.2. The van der Waals surface area contributed by atoms with Crippen molar-refractivity contribution in [1.82, 2.24) is 15.2 Å². The summed E-state index contributed by atoms with van der Waals surface area (Å²) in [6, 6.07) is 3.42. The topological polar surface area (TPSA) is 77.8 Å². The van der Waals surface area contributed by atoms with E-state index in [1.807, 2.05) is 6.92 Å². The van der Waals surface area contributed by atoms with Crippen LogP contribution in [0.3, 0.4) is 0 Å². The number of anilines is 1. The largest absolute Gasteiger partial charge is 0.441 e. The molecule has 0 radical (unpaired) electrons. The molecular weight excluding hydrogens is 168 g/mol. The lowest BCUT2D eigenvalue weighted by atomic mass is 10.3. The van der Waals surface area contributed by atoms with Gasteiger partial charge in [0.15, 0.2) is 12.2 Å². The fraction of sp³-hybridized carbons (Fsp3) is 0.125. The number of nitrogen functional groups attached to an aromatic ring is 1. The van der Waals surface area contributed by atoms with Crippen LogP contribution in [0.4, 0.5) is 5.82 Å². The molecule has 0 bridgehead atoms. The Balaban J connectivity index is 2.47. The van der Waals surface area contributed by atoms with E-state index in [0.29, 0.717) is 17.3 Å². The lowest BCUT2D eigenvalue weighted by Gasteiger charge is -1.95. The number of oxazole rings is 1. The second kappa shape index (κ2) is 2.85. The molecule has 0 atom stereocenters. The molecule has 2 rings (SSSR count). The minimum Gasteiger partial charge on any atom is -0.441 e. The van der Waals surface area contributed by atoms with Crippen LogP contribution in [0.25, 0.3) is 11.5 Å². The number of nitrogens with zero attached hydrogens (tertiary/aromatic N) is 3. The zero-order valence-corrected chi connectivity index (χ0v) is 7.06. The molecule has 0 aliphatic carbocycles. The van der Waals surface area contributed by atoms with Crippen LogP contribution in [0.15, 0.2) is 22.9 Å². The van der Waals surface area contributed by atoms with Gasteiger partial charge in [0.05, 0.1) is 5.69 Å². The summed E-state index contributed by atoms with van der Waals surface area (Å²) < 4.78 is 5.14. The Morgan fingerprint density at radius 2 is 2.15 bits per heavy atom. The van der Waals surface area contributed by atoms with Crippen LogP contribution in [-0.4, -0.2) is 15.2 Å². The SMILES string of the molecule is Cc1ncoc1-c1ccc(N)nn1. The third kappa shape index (κ3) is 1.35. The first-order chi connectivity index (χ1) is 6.27. The molecule has 0 spiro atoms. The maximum atomic E-state index is 5.40. The first kappa shape index (κ1) is 7.72. The zero-order valence-electron chi connectivity index (χ0n) is 7.06. The quantitative estimate of drug-likeness (QED) is 0.701. The molecule has 0 aliphatic rings. The van der Waals surface area contributed by atoms with Crippen molar-refractivity contribution in [3.05, 3.63) is 24.2 Å². The maximum Gasteiger partial charge on any atom is 0.181 e. The van der Waals surface area contributed by atoms with Gasteiger partial charge in [-0.15, -0.1) is 10.2 Å². The minimum atomic E-state index is 0.390. The summed E-state index contributed by atoms with van der Waals surface area (Å²) in [5, 5.41) is 7.59. The Kier molecular flexibility index (Phi) is 1.70. The third-order valence-corrected chi connectivity index (χ3v) is 1.66. The van der Waals surface area contributed by atoms with Crippen LogP contribution in [0.1, 0.15) is 5.69 Å². The van der Waals surface area contributed by atoms with E-state index in [0.717, 1.165) is 5.69 Å². The first-order valence-corrected chi connectivity index (χ1v) is 3.77.